The van der Waals surface area contributed by atoms with Crippen molar-refractivity contribution in [2.24, 2.45) is 0 Å². The molecule has 1 N–H and O–H groups in total. The Bertz CT molecular complexity index is 457. The zero-order valence-corrected chi connectivity index (χ0v) is 12.5. The number of nitrogens with zero attached hydrogens (tertiary/aromatic N) is 1. The normalized spacial score (nSPS) is 26.7. The third-order valence-corrected chi connectivity index (χ3v) is 4.32. The average Bonchev–Trinajstić information content (AvgIpc) is 3.03. The van der Waals surface area contributed by atoms with Crippen LogP contribution < -0.4 is 5.32 Å². The molecule has 0 saturated carbocycles. The minimum atomic E-state index is -0.213. The van der Waals surface area contributed by atoms with Gasteiger partial charge in [0.25, 0.3) is 0 Å². The molecule has 2 aliphatic heterocycles. The van der Waals surface area contributed by atoms with Gasteiger partial charge in [0.2, 0.25) is 5.91 Å². The van der Waals surface area contributed by atoms with Crippen molar-refractivity contribution in [2.45, 2.75) is 44.4 Å². The van der Waals surface area contributed by atoms with Crippen LogP contribution in [0.5, 0.6) is 0 Å². The quantitative estimate of drug-likeness (QED) is 0.920. The number of carbonyl (C=O) groups is 1. The van der Waals surface area contributed by atoms with Crippen molar-refractivity contribution >= 4 is 5.91 Å². The Balaban J connectivity index is 1.49. The Morgan fingerprint density at radius 1 is 1.24 bits per heavy atom. The molecule has 0 spiro atoms. The monoisotopic (exact) mass is 288 g/mol. The summed E-state index contributed by atoms with van der Waals surface area (Å²) in [5, 5.41) is 3.17. The number of likely N-dealkylation sites (tertiary alicyclic amines) is 1. The lowest BCUT2D eigenvalue weighted by molar-refractivity contribution is -0.131. The van der Waals surface area contributed by atoms with Crippen LogP contribution in [-0.2, 0) is 16.1 Å². The molecular weight excluding hydrogens is 264 g/mol. The summed E-state index contributed by atoms with van der Waals surface area (Å²) >= 11 is 0. The molecule has 1 aromatic rings. The van der Waals surface area contributed by atoms with E-state index in [1.807, 2.05) is 6.07 Å². The van der Waals surface area contributed by atoms with Crippen molar-refractivity contribution < 1.29 is 9.53 Å². The van der Waals surface area contributed by atoms with Gasteiger partial charge in [-0.3, -0.25) is 9.69 Å². The number of carbonyl (C=O) groups excluding carboxylic acids is 1. The number of ether oxygens (including phenoxy) is 1. The molecule has 4 nitrogen and oxygen atoms in total. The van der Waals surface area contributed by atoms with E-state index in [2.05, 4.69) is 34.5 Å². The number of hydrogen-bond donors (Lipinski definition) is 1. The zero-order valence-electron chi connectivity index (χ0n) is 12.5. The Labute approximate surface area is 126 Å². The lowest BCUT2D eigenvalue weighted by Gasteiger charge is -2.33. The van der Waals surface area contributed by atoms with E-state index in [1.54, 1.807) is 0 Å². The van der Waals surface area contributed by atoms with Gasteiger partial charge < -0.3 is 10.1 Å². The minimum Gasteiger partial charge on any atom is -0.368 e. The molecule has 0 aromatic heterocycles. The fraction of sp³-hybridized carbons (Fsp3) is 0.588. The molecule has 0 aliphatic carbocycles. The van der Waals surface area contributed by atoms with Crippen LogP contribution in [0.1, 0.15) is 31.2 Å². The summed E-state index contributed by atoms with van der Waals surface area (Å²) < 4.78 is 5.45. The summed E-state index contributed by atoms with van der Waals surface area (Å²) in [5.41, 5.74) is 1.34. The highest BCUT2D eigenvalue weighted by Crippen LogP contribution is 2.16. The highest BCUT2D eigenvalue weighted by atomic mass is 16.5. The van der Waals surface area contributed by atoms with Gasteiger partial charge in [0.1, 0.15) is 6.10 Å². The molecule has 0 radical (unpaired) electrons. The fourth-order valence-corrected chi connectivity index (χ4v) is 3.24. The predicted octanol–water partition coefficient (Wildman–Crippen LogP) is 1.95. The van der Waals surface area contributed by atoms with Crippen LogP contribution in [0.3, 0.4) is 0 Å². The second kappa shape index (κ2) is 7.05. The molecular formula is C17H24N2O2. The summed E-state index contributed by atoms with van der Waals surface area (Å²) in [5.74, 6) is 0.0825. The highest BCUT2D eigenvalue weighted by molar-refractivity contribution is 5.81. The van der Waals surface area contributed by atoms with Gasteiger partial charge in [0.15, 0.2) is 0 Å². The summed E-state index contributed by atoms with van der Waals surface area (Å²) in [6.07, 6.45) is 3.87. The largest absolute Gasteiger partial charge is 0.368 e. The topological polar surface area (TPSA) is 41.6 Å². The first-order valence-corrected chi connectivity index (χ1v) is 7.99. The second-order valence-electron chi connectivity index (χ2n) is 6.07. The standard InChI is InChI=1S/C17H24N2O2/c20-17(16-9-5-11-21-16)18-15-8-4-10-19(13-15)12-14-6-2-1-3-7-14/h1-3,6-7,15-16H,4-5,8-13H2,(H,18,20)/t15-,16+/m0/s1. The van der Waals surface area contributed by atoms with Crippen molar-refractivity contribution in [3.05, 3.63) is 35.9 Å². The molecule has 3 rings (SSSR count). The maximum absolute atomic E-state index is 12.1. The molecule has 2 heterocycles. The molecule has 2 atom stereocenters. The number of nitrogens with one attached hydrogen (secondary N) is 1. The van der Waals surface area contributed by atoms with Gasteiger partial charge in [-0.25, -0.2) is 0 Å². The third-order valence-electron chi connectivity index (χ3n) is 4.32. The minimum absolute atomic E-state index is 0.0825. The van der Waals surface area contributed by atoms with E-state index >= 15 is 0 Å². The molecule has 0 bridgehead atoms. The molecule has 2 saturated heterocycles. The molecule has 21 heavy (non-hydrogen) atoms. The molecule has 0 unspecified atom stereocenters. The van der Waals surface area contributed by atoms with E-state index in [1.165, 1.54) is 5.56 Å². The second-order valence-corrected chi connectivity index (χ2v) is 6.07. The number of benzene rings is 1. The van der Waals surface area contributed by atoms with Gasteiger partial charge in [-0.2, -0.15) is 0 Å². The van der Waals surface area contributed by atoms with Gasteiger partial charge in [-0.15, -0.1) is 0 Å². The molecule has 1 aromatic carbocycles. The maximum atomic E-state index is 12.1. The molecule has 4 heteroatoms. The first kappa shape index (κ1) is 14.5. The van der Waals surface area contributed by atoms with Gasteiger partial charge in [-0.1, -0.05) is 30.3 Å². The van der Waals surface area contributed by atoms with E-state index < -0.39 is 0 Å². The van der Waals surface area contributed by atoms with Crippen molar-refractivity contribution in [2.75, 3.05) is 19.7 Å². The average molecular weight is 288 g/mol. The van der Waals surface area contributed by atoms with Crippen molar-refractivity contribution in [3.63, 3.8) is 0 Å². The summed E-state index contributed by atoms with van der Waals surface area (Å²) in [6.45, 7) is 3.74. The number of amides is 1. The maximum Gasteiger partial charge on any atom is 0.249 e. The van der Waals surface area contributed by atoms with E-state index in [4.69, 9.17) is 4.74 Å². The molecule has 2 fully saturated rings. The number of piperidine rings is 1. The Kier molecular flexibility index (Phi) is 4.88. The SMILES string of the molecule is O=C(N[C@H]1CCCN(Cc2ccccc2)C1)[C@H]1CCCO1. The van der Waals surface area contributed by atoms with E-state index in [9.17, 15) is 4.79 Å². The van der Waals surface area contributed by atoms with Crippen LogP contribution in [0.2, 0.25) is 0 Å². The first-order chi connectivity index (χ1) is 10.3. The summed E-state index contributed by atoms with van der Waals surface area (Å²) in [4.78, 5) is 14.6. The summed E-state index contributed by atoms with van der Waals surface area (Å²) in [7, 11) is 0. The predicted molar refractivity (Wildman–Crippen MR) is 81.9 cm³/mol. The van der Waals surface area contributed by atoms with Gasteiger partial charge >= 0.3 is 0 Å². The van der Waals surface area contributed by atoms with E-state index in [0.29, 0.717) is 0 Å². The molecule has 114 valence electrons. The van der Waals surface area contributed by atoms with Crippen LogP contribution in [0.4, 0.5) is 0 Å². The zero-order chi connectivity index (χ0) is 14.5. The van der Waals surface area contributed by atoms with Crippen LogP contribution in [0.15, 0.2) is 30.3 Å². The number of rotatable bonds is 4. The highest BCUT2D eigenvalue weighted by Gasteiger charge is 2.27. The molecule has 1 amide bonds. The Morgan fingerprint density at radius 3 is 2.86 bits per heavy atom. The lowest BCUT2D eigenvalue weighted by Crippen LogP contribution is -2.49. The Morgan fingerprint density at radius 2 is 2.10 bits per heavy atom. The first-order valence-electron chi connectivity index (χ1n) is 7.99. The smallest absolute Gasteiger partial charge is 0.249 e. The lowest BCUT2D eigenvalue weighted by atomic mass is 10.0. The van der Waals surface area contributed by atoms with Crippen LogP contribution in [-0.4, -0.2) is 42.6 Å². The fourth-order valence-electron chi connectivity index (χ4n) is 3.24. The molecule has 2 aliphatic rings. The van der Waals surface area contributed by atoms with Gasteiger partial charge in [-0.05, 0) is 37.8 Å². The van der Waals surface area contributed by atoms with Crippen LogP contribution in [0.25, 0.3) is 0 Å². The van der Waals surface area contributed by atoms with Crippen molar-refractivity contribution in [1.29, 1.82) is 0 Å². The van der Waals surface area contributed by atoms with Gasteiger partial charge in [0.05, 0.1) is 0 Å². The van der Waals surface area contributed by atoms with Gasteiger partial charge in [0, 0.05) is 25.7 Å². The van der Waals surface area contributed by atoms with Crippen LogP contribution in [0, 0.1) is 0 Å². The van der Waals surface area contributed by atoms with E-state index in [-0.39, 0.29) is 18.1 Å². The Hall–Kier alpha value is -1.39. The van der Waals surface area contributed by atoms with Crippen molar-refractivity contribution in [3.8, 4) is 0 Å². The van der Waals surface area contributed by atoms with Crippen molar-refractivity contribution in [1.82, 2.24) is 10.2 Å². The summed E-state index contributed by atoms with van der Waals surface area (Å²) in [6, 6.07) is 10.8. The van der Waals surface area contributed by atoms with Crippen LogP contribution >= 0.6 is 0 Å². The van der Waals surface area contributed by atoms with E-state index in [0.717, 1.165) is 51.9 Å². The number of hydrogen-bond acceptors (Lipinski definition) is 3. The third kappa shape index (κ3) is 4.05.